The van der Waals surface area contributed by atoms with Gasteiger partial charge in [-0.05, 0) is 19.1 Å². The number of aromatic nitrogens is 4. The second-order valence-corrected chi connectivity index (χ2v) is 10.4. The minimum absolute atomic E-state index is 0.0166. The van der Waals surface area contributed by atoms with Crippen LogP contribution in [0.3, 0.4) is 0 Å². The molecule has 0 aliphatic carbocycles. The zero-order valence-corrected chi connectivity index (χ0v) is 18.9. The molecule has 0 unspecified atom stereocenters. The number of anilines is 2. The predicted octanol–water partition coefficient (Wildman–Crippen LogP) is 4.07. The van der Waals surface area contributed by atoms with Crippen LogP contribution >= 0.6 is 34.3 Å². The van der Waals surface area contributed by atoms with Crippen LogP contribution in [0.1, 0.15) is 15.9 Å². The maximum atomic E-state index is 12.6. The fourth-order valence-electron chi connectivity index (χ4n) is 2.41. The van der Waals surface area contributed by atoms with E-state index in [0.717, 1.165) is 22.5 Å². The number of carbonyl (C=O) groups excluding carboxylic acids is 1. The molecule has 0 aliphatic heterocycles. The molecular weight excluding hydrogens is 480 g/mol. The van der Waals surface area contributed by atoms with E-state index in [2.05, 4.69) is 30.4 Å². The minimum atomic E-state index is -4.05. The molecule has 158 valence electrons. The summed E-state index contributed by atoms with van der Waals surface area (Å²) in [7, 11) is -4.05. The molecule has 0 bridgehead atoms. The van der Waals surface area contributed by atoms with E-state index in [9.17, 15) is 13.2 Å². The van der Waals surface area contributed by atoms with Crippen LogP contribution in [0.25, 0.3) is 10.6 Å². The molecule has 2 aromatic heterocycles. The number of hydrogen-bond donors (Lipinski definition) is 2. The Balaban J connectivity index is 1.48. The topological polar surface area (TPSA) is 127 Å². The van der Waals surface area contributed by atoms with Crippen molar-refractivity contribution in [1.29, 1.82) is 0 Å². The smallest absolute Gasteiger partial charge is 0.293 e. The summed E-state index contributed by atoms with van der Waals surface area (Å²) in [6.07, 6.45) is 0. The molecule has 1 amide bonds. The summed E-state index contributed by atoms with van der Waals surface area (Å²) in [6.45, 7) is 1.97. The third-order valence-electron chi connectivity index (χ3n) is 3.92. The van der Waals surface area contributed by atoms with Gasteiger partial charge in [0.2, 0.25) is 10.3 Å². The lowest BCUT2D eigenvalue weighted by atomic mass is 10.2. The molecule has 0 spiro atoms. The molecule has 9 nitrogen and oxygen atoms in total. The quantitative estimate of drug-likeness (QED) is 0.388. The molecular formula is C18H13ClN6O3S3. The van der Waals surface area contributed by atoms with E-state index in [4.69, 9.17) is 11.6 Å². The predicted molar refractivity (Wildman–Crippen MR) is 120 cm³/mol. The van der Waals surface area contributed by atoms with Crippen LogP contribution in [-0.4, -0.2) is 34.7 Å². The average molecular weight is 493 g/mol. The summed E-state index contributed by atoms with van der Waals surface area (Å²) < 4.78 is 27.2. The fourth-order valence-corrected chi connectivity index (χ4v) is 5.51. The molecule has 4 aromatic rings. The Kier molecular flexibility index (Phi) is 5.96. The van der Waals surface area contributed by atoms with E-state index in [0.29, 0.717) is 16.3 Å². The van der Waals surface area contributed by atoms with Crippen molar-refractivity contribution >= 4 is 60.5 Å². The summed E-state index contributed by atoms with van der Waals surface area (Å²) in [6, 6.07) is 14.1. The molecule has 4 rings (SSSR count). The van der Waals surface area contributed by atoms with Gasteiger partial charge in [-0.15, -0.1) is 20.4 Å². The van der Waals surface area contributed by atoms with E-state index in [1.54, 1.807) is 24.3 Å². The molecule has 2 aromatic carbocycles. The molecule has 13 heteroatoms. The summed E-state index contributed by atoms with van der Waals surface area (Å²) in [4.78, 5) is 12.3. The lowest BCUT2D eigenvalue weighted by Gasteiger charge is -2.02. The lowest BCUT2D eigenvalue weighted by molar-refractivity contribution is 0.102. The van der Waals surface area contributed by atoms with Crippen LogP contribution in [0.5, 0.6) is 0 Å². The Morgan fingerprint density at radius 1 is 0.935 bits per heavy atom. The van der Waals surface area contributed by atoms with Crippen molar-refractivity contribution in [1.82, 2.24) is 20.4 Å². The normalized spacial score (nSPS) is 11.3. The van der Waals surface area contributed by atoms with Gasteiger partial charge in [-0.25, -0.2) is 0 Å². The van der Waals surface area contributed by atoms with Gasteiger partial charge in [0.25, 0.3) is 20.3 Å². The molecule has 0 atom stereocenters. The van der Waals surface area contributed by atoms with Crippen molar-refractivity contribution < 1.29 is 13.2 Å². The Morgan fingerprint density at radius 2 is 1.65 bits per heavy atom. The van der Waals surface area contributed by atoms with Crippen LogP contribution in [0.2, 0.25) is 5.02 Å². The maximum absolute atomic E-state index is 12.6. The van der Waals surface area contributed by atoms with Gasteiger partial charge >= 0.3 is 0 Å². The van der Waals surface area contributed by atoms with E-state index in [-0.39, 0.29) is 25.2 Å². The van der Waals surface area contributed by atoms with E-state index >= 15 is 0 Å². The zero-order chi connectivity index (χ0) is 22.0. The largest absolute Gasteiger partial charge is 0.296 e. The summed E-state index contributed by atoms with van der Waals surface area (Å²) in [5, 5.41) is 18.7. The molecule has 0 aliphatic rings. The Bertz CT molecular complexity index is 1350. The second-order valence-electron chi connectivity index (χ2n) is 6.19. The number of rotatable bonds is 6. The standard InChI is InChI=1S/C18H13ClN6O3S3/c1-10-6-8-11(9-7-10)15-21-23-17(29-15)25-31(27,28)18-24-22-16(30-18)20-14(26)12-4-2-3-5-13(12)19/h2-9H,1H3,(H,23,25)(H,20,22,26). The summed E-state index contributed by atoms with van der Waals surface area (Å²) in [5.74, 6) is -0.523. The van der Waals surface area contributed by atoms with Crippen LogP contribution < -0.4 is 10.0 Å². The molecule has 0 saturated carbocycles. The van der Waals surface area contributed by atoms with Crippen LogP contribution in [-0.2, 0) is 10.0 Å². The average Bonchev–Trinajstić information content (AvgIpc) is 3.39. The van der Waals surface area contributed by atoms with Crippen molar-refractivity contribution in [3.63, 3.8) is 0 Å². The van der Waals surface area contributed by atoms with Gasteiger partial charge in [-0.3, -0.25) is 14.8 Å². The van der Waals surface area contributed by atoms with E-state index in [1.165, 1.54) is 0 Å². The number of hydrogen-bond acceptors (Lipinski definition) is 9. The fraction of sp³-hybridized carbons (Fsp3) is 0.0556. The van der Waals surface area contributed by atoms with Crippen LogP contribution in [0.4, 0.5) is 10.3 Å². The van der Waals surface area contributed by atoms with Gasteiger partial charge in [0.05, 0.1) is 10.6 Å². The first kappa shape index (κ1) is 21.3. The highest BCUT2D eigenvalue weighted by Crippen LogP contribution is 2.29. The molecule has 0 radical (unpaired) electrons. The van der Waals surface area contributed by atoms with Crippen LogP contribution in [0.15, 0.2) is 52.9 Å². The molecule has 2 N–H and O–H groups in total. The van der Waals surface area contributed by atoms with Crippen LogP contribution in [0, 0.1) is 6.92 Å². The van der Waals surface area contributed by atoms with Gasteiger partial charge in [-0.1, -0.05) is 76.2 Å². The number of amides is 1. The first-order valence-electron chi connectivity index (χ1n) is 8.64. The Labute approximate surface area is 190 Å². The van der Waals surface area contributed by atoms with Crippen molar-refractivity contribution in [2.75, 3.05) is 10.0 Å². The summed E-state index contributed by atoms with van der Waals surface area (Å²) in [5.41, 5.74) is 2.16. The molecule has 2 heterocycles. The van der Waals surface area contributed by atoms with Gasteiger partial charge in [0.15, 0.2) is 0 Å². The highest BCUT2D eigenvalue weighted by molar-refractivity contribution is 7.94. The summed E-state index contributed by atoms with van der Waals surface area (Å²) >= 11 is 7.79. The SMILES string of the molecule is Cc1ccc(-c2nnc(NS(=O)(=O)c3nnc(NC(=O)c4ccccc4Cl)s3)s2)cc1. The van der Waals surface area contributed by atoms with E-state index < -0.39 is 15.9 Å². The maximum Gasteiger partial charge on any atom is 0.293 e. The monoisotopic (exact) mass is 492 g/mol. The number of benzene rings is 2. The highest BCUT2D eigenvalue weighted by Gasteiger charge is 2.23. The number of nitrogens with zero attached hydrogens (tertiary/aromatic N) is 4. The first-order valence-corrected chi connectivity index (χ1v) is 12.1. The lowest BCUT2D eigenvalue weighted by Crippen LogP contribution is -2.12. The Hall–Kier alpha value is -2.93. The van der Waals surface area contributed by atoms with Gasteiger partial charge in [0, 0.05) is 5.56 Å². The number of nitrogens with one attached hydrogen (secondary N) is 2. The number of sulfonamides is 1. The number of carbonyl (C=O) groups is 1. The Morgan fingerprint density at radius 3 is 2.39 bits per heavy atom. The van der Waals surface area contributed by atoms with Crippen molar-refractivity contribution in [2.24, 2.45) is 0 Å². The van der Waals surface area contributed by atoms with Crippen molar-refractivity contribution in [3.05, 3.63) is 64.7 Å². The number of aryl methyl sites for hydroxylation is 1. The molecule has 0 fully saturated rings. The first-order chi connectivity index (χ1) is 14.8. The minimum Gasteiger partial charge on any atom is -0.296 e. The highest BCUT2D eigenvalue weighted by atomic mass is 35.5. The van der Waals surface area contributed by atoms with Crippen molar-refractivity contribution in [2.45, 2.75) is 11.3 Å². The third-order valence-corrected chi connectivity index (χ3v) is 7.81. The number of halogens is 1. The van der Waals surface area contributed by atoms with Gasteiger partial charge in [-0.2, -0.15) is 8.42 Å². The van der Waals surface area contributed by atoms with Gasteiger partial charge < -0.3 is 0 Å². The van der Waals surface area contributed by atoms with E-state index in [1.807, 2.05) is 31.2 Å². The second kappa shape index (κ2) is 8.67. The third kappa shape index (κ3) is 4.88. The van der Waals surface area contributed by atoms with Crippen molar-refractivity contribution in [3.8, 4) is 10.6 Å². The molecule has 0 saturated heterocycles. The molecule has 31 heavy (non-hydrogen) atoms. The van der Waals surface area contributed by atoms with Gasteiger partial charge in [0.1, 0.15) is 5.01 Å². The zero-order valence-electron chi connectivity index (χ0n) is 15.7.